The fourth-order valence-electron chi connectivity index (χ4n) is 2.02. The Bertz CT molecular complexity index is 444. The van der Waals surface area contributed by atoms with E-state index in [2.05, 4.69) is 0 Å². The third-order valence-corrected chi connectivity index (χ3v) is 2.65. The number of ether oxygens (including phenoxy) is 1. The van der Waals surface area contributed by atoms with Crippen LogP contribution in [0, 0.1) is 0 Å². The van der Waals surface area contributed by atoms with Gasteiger partial charge in [0.2, 0.25) is 0 Å². The highest BCUT2D eigenvalue weighted by molar-refractivity contribution is 5.78. The van der Waals surface area contributed by atoms with Crippen molar-refractivity contribution < 1.29 is 9.84 Å². The van der Waals surface area contributed by atoms with Gasteiger partial charge in [0.05, 0.1) is 5.56 Å². The Labute approximate surface area is 82.1 Å². The fourth-order valence-corrected chi connectivity index (χ4v) is 2.02. The van der Waals surface area contributed by atoms with Crippen molar-refractivity contribution in [2.24, 2.45) is 0 Å². The molecule has 0 saturated heterocycles. The summed E-state index contributed by atoms with van der Waals surface area (Å²) in [5.74, 6) is 1.10. The smallest absolute Gasteiger partial charge is 0.131 e. The monoisotopic (exact) mass is 186 g/mol. The maximum absolute atomic E-state index is 9.72. The number of aromatic hydroxyl groups is 1. The first-order valence-corrected chi connectivity index (χ1v) is 4.71. The van der Waals surface area contributed by atoms with Gasteiger partial charge in [-0.3, -0.25) is 0 Å². The molecule has 1 N–H and O–H groups in total. The molecule has 1 aliphatic heterocycles. The maximum atomic E-state index is 9.72. The topological polar surface area (TPSA) is 29.5 Å². The van der Waals surface area contributed by atoms with Gasteiger partial charge in [0, 0.05) is 6.42 Å². The van der Waals surface area contributed by atoms with E-state index in [1.807, 2.05) is 24.3 Å². The summed E-state index contributed by atoms with van der Waals surface area (Å²) in [6.07, 6.45) is 7.07. The quantitative estimate of drug-likeness (QED) is 0.674. The summed E-state index contributed by atoms with van der Waals surface area (Å²) in [6, 6.07) is 5.40. The number of phenols is 1. The summed E-state index contributed by atoms with van der Waals surface area (Å²) >= 11 is 0. The molecule has 2 bridgehead atoms. The minimum Gasteiger partial charge on any atom is -0.507 e. The molecule has 1 aromatic carbocycles. The highest BCUT2D eigenvalue weighted by Gasteiger charge is 2.25. The molecule has 0 saturated carbocycles. The lowest BCUT2D eigenvalue weighted by Crippen LogP contribution is -2.21. The van der Waals surface area contributed by atoms with Gasteiger partial charge in [-0.05, 0) is 23.8 Å². The normalized spacial score (nSPS) is 22.3. The maximum Gasteiger partial charge on any atom is 0.131 e. The number of allylic oxidation sites excluding steroid dienone is 2. The van der Waals surface area contributed by atoms with E-state index in [1.165, 1.54) is 0 Å². The van der Waals surface area contributed by atoms with Crippen molar-refractivity contribution in [3.8, 4) is 11.5 Å². The molecule has 0 spiro atoms. The van der Waals surface area contributed by atoms with Gasteiger partial charge in [0.25, 0.3) is 0 Å². The second-order valence-corrected chi connectivity index (χ2v) is 3.59. The van der Waals surface area contributed by atoms with Crippen LogP contribution in [0.4, 0.5) is 0 Å². The van der Waals surface area contributed by atoms with Crippen molar-refractivity contribution in [2.45, 2.75) is 12.5 Å². The van der Waals surface area contributed by atoms with Crippen LogP contribution in [0.5, 0.6) is 11.5 Å². The first kappa shape index (κ1) is 7.68. The summed E-state index contributed by atoms with van der Waals surface area (Å²) in [5, 5.41) is 9.72. The number of rotatable bonds is 0. The van der Waals surface area contributed by atoms with Crippen LogP contribution >= 0.6 is 0 Å². The Morgan fingerprint density at radius 1 is 1.36 bits per heavy atom. The largest absolute Gasteiger partial charge is 0.507 e. The standard InChI is InChI=1S/C12H10O2/c13-10-5-2-6-11-12(10)8-3-1-4-9(7-8)14-11/h1-6,9,13H,7H2. The first-order valence-electron chi connectivity index (χ1n) is 4.71. The number of benzene rings is 1. The molecule has 0 radical (unpaired) electrons. The number of phenolic OH excluding ortho intramolecular Hbond substituents is 1. The zero-order valence-electron chi connectivity index (χ0n) is 7.60. The molecule has 0 aromatic heterocycles. The van der Waals surface area contributed by atoms with E-state index in [9.17, 15) is 5.11 Å². The van der Waals surface area contributed by atoms with Gasteiger partial charge in [0.1, 0.15) is 17.6 Å². The SMILES string of the molecule is Oc1cccc2c1C1=CC=CC(C1)O2. The van der Waals surface area contributed by atoms with Gasteiger partial charge in [-0.2, -0.15) is 0 Å². The third-order valence-electron chi connectivity index (χ3n) is 2.65. The Kier molecular flexibility index (Phi) is 1.45. The summed E-state index contributed by atoms with van der Waals surface area (Å²) < 4.78 is 5.70. The Hall–Kier alpha value is -1.70. The van der Waals surface area contributed by atoms with Crippen LogP contribution in [0.3, 0.4) is 0 Å². The average Bonchev–Trinajstić information content (AvgIpc) is 2.17. The van der Waals surface area contributed by atoms with Crippen LogP contribution in [-0.4, -0.2) is 11.2 Å². The number of hydrogen-bond acceptors (Lipinski definition) is 2. The van der Waals surface area contributed by atoms with E-state index in [-0.39, 0.29) is 6.10 Å². The fraction of sp³-hybridized carbons (Fsp3) is 0.167. The molecule has 0 fully saturated rings. The zero-order valence-corrected chi connectivity index (χ0v) is 7.60. The molecule has 1 unspecified atom stereocenters. The third kappa shape index (κ3) is 0.970. The molecular formula is C12H10O2. The lowest BCUT2D eigenvalue weighted by molar-refractivity contribution is 0.242. The van der Waals surface area contributed by atoms with Gasteiger partial charge in [-0.15, -0.1) is 0 Å². The van der Waals surface area contributed by atoms with E-state index in [1.54, 1.807) is 12.1 Å². The molecule has 70 valence electrons. The van der Waals surface area contributed by atoms with E-state index in [0.717, 1.165) is 23.3 Å². The molecule has 1 atom stereocenters. The van der Waals surface area contributed by atoms with Crippen LogP contribution in [0.25, 0.3) is 5.57 Å². The van der Waals surface area contributed by atoms with Crippen LogP contribution in [0.1, 0.15) is 12.0 Å². The van der Waals surface area contributed by atoms with Crippen LogP contribution in [0.15, 0.2) is 36.4 Å². The first-order chi connectivity index (χ1) is 6.84. The summed E-state index contributed by atoms with van der Waals surface area (Å²) in [5.41, 5.74) is 2.02. The van der Waals surface area contributed by atoms with E-state index < -0.39 is 0 Å². The highest BCUT2D eigenvalue weighted by Crippen LogP contribution is 2.42. The lowest BCUT2D eigenvalue weighted by Gasteiger charge is -2.28. The summed E-state index contributed by atoms with van der Waals surface area (Å²) in [6.45, 7) is 0. The van der Waals surface area contributed by atoms with Gasteiger partial charge in [-0.25, -0.2) is 0 Å². The molecule has 1 aromatic rings. The summed E-state index contributed by atoms with van der Waals surface area (Å²) in [7, 11) is 0. The lowest BCUT2D eigenvalue weighted by atomic mass is 9.92. The van der Waals surface area contributed by atoms with Crippen molar-refractivity contribution in [3.05, 3.63) is 42.0 Å². The molecule has 14 heavy (non-hydrogen) atoms. The minimum atomic E-state index is 0.143. The average molecular weight is 186 g/mol. The molecule has 2 nitrogen and oxygen atoms in total. The molecule has 1 aliphatic carbocycles. The number of fused-ring (bicyclic) bond motifs is 4. The van der Waals surface area contributed by atoms with Gasteiger partial charge >= 0.3 is 0 Å². The van der Waals surface area contributed by atoms with Crippen molar-refractivity contribution >= 4 is 5.57 Å². The van der Waals surface area contributed by atoms with Crippen molar-refractivity contribution in [2.75, 3.05) is 0 Å². The Balaban J connectivity index is 2.25. The minimum absolute atomic E-state index is 0.143. The van der Waals surface area contributed by atoms with Crippen LogP contribution in [0.2, 0.25) is 0 Å². The van der Waals surface area contributed by atoms with Crippen molar-refractivity contribution in [1.29, 1.82) is 0 Å². The van der Waals surface area contributed by atoms with Gasteiger partial charge < -0.3 is 9.84 Å². The predicted molar refractivity (Wildman–Crippen MR) is 54.3 cm³/mol. The Morgan fingerprint density at radius 3 is 3.21 bits per heavy atom. The van der Waals surface area contributed by atoms with E-state index in [4.69, 9.17) is 4.74 Å². The van der Waals surface area contributed by atoms with E-state index in [0.29, 0.717) is 5.75 Å². The number of hydrogen-bond donors (Lipinski definition) is 1. The highest BCUT2D eigenvalue weighted by atomic mass is 16.5. The molecule has 0 amide bonds. The summed E-state index contributed by atoms with van der Waals surface area (Å²) in [4.78, 5) is 0. The second-order valence-electron chi connectivity index (χ2n) is 3.59. The van der Waals surface area contributed by atoms with Crippen LogP contribution < -0.4 is 4.74 Å². The molecule has 3 rings (SSSR count). The second kappa shape index (κ2) is 2.64. The molecule has 2 heteroatoms. The van der Waals surface area contributed by atoms with Crippen LogP contribution in [-0.2, 0) is 0 Å². The van der Waals surface area contributed by atoms with Gasteiger partial charge in [-0.1, -0.05) is 18.2 Å². The Morgan fingerprint density at radius 2 is 2.29 bits per heavy atom. The van der Waals surface area contributed by atoms with E-state index >= 15 is 0 Å². The molecule has 1 heterocycles. The predicted octanol–water partition coefficient (Wildman–Crippen LogP) is 2.50. The molecule has 2 aliphatic rings. The zero-order chi connectivity index (χ0) is 9.54. The molecular weight excluding hydrogens is 176 g/mol. The van der Waals surface area contributed by atoms with Gasteiger partial charge in [0.15, 0.2) is 0 Å². The van der Waals surface area contributed by atoms with Crippen molar-refractivity contribution in [3.63, 3.8) is 0 Å². The van der Waals surface area contributed by atoms with Crippen molar-refractivity contribution in [1.82, 2.24) is 0 Å².